The van der Waals surface area contributed by atoms with Crippen LogP contribution in [-0.2, 0) is 0 Å². The maximum Gasteiger partial charge on any atom is 0.238 e. The second kappa shape index (κ2) is 29.0. The van der Waals surface area contributed by atoms with Gasteiger partial charge in [0.2, 0.25) is 17.8 Å². The lowest BCUT2D eigenvalue weighted by Crippen LogP contribution is -2.72. The quantitative estimate of drug-likeness (QED) is 0.116. The average Bonchev–Trinajstić information content (AvgIpc) is 1.56. The number of rotatable bonds is 11. The molecule has 3 aliphatic heterocycles. The summed E-state index contributed by atoms with van der Waals surface area (Å²) >= 11 is 0. The molecule has 9 heterocycles. The summed E-state index contributed by atoms with van der Waals surface area (Å²) in [5.41, 5.74) is 17.2. The van der Waals surface area contributed by atoms with E-state index in [-0.39, 0.29) is 0 Å². The molecule has 0 atom stereocenters. The zero-order valence-corrected chi connectivity index (χ0v) is 68.3. The van der Waals surface area contributed by atoms with Crippen LogP contribution in [0, 0.1) is 0 Å². The molecule has 14 aromatic carbocycles. The van der Waals surface area contributed by atoms with E-state index in [0.29, 0.717) is 52.8 Å². The van der Waals surface area contributed by atoms with Crippen molar-refractivity contribution in [3.8, 4) is 120 Å². The van der Waals surface area contributed by atoms with E-state index in [9.17, 15) is 0 Å². The molecule has 0 saturated heterocycles. The molecule has 12 nitrogen and oxygen atoms in total. The van der Waals surface area contributed by atoms with Gasteiger partial charge < -0.3 is 0 Å². The first kappa shape index (κ1) is 71.2. The zero-order valence-electron chi connectivity index (χ0n) is 65.3. The van der Waals surface area contributed by atoms with Gasteiger partial charge in [0.25, 0.3) is 0 Å². The van der Waals surface area contributed by atoms with Gasteiger partial charge in [-0.25, -0.2) is 15.0 Å². The van der Waals surface area contributed by atoms with Crippen LogP contribution in [0.4, 0.5) is 0 Å². The Kier molecular flexibility index (Phi) is 17.5. The highest BCUT2D eigenvalue weighted by Gasteiger charge is 2.49. The summed E-state index contributed by atoms with van der Waals surface area (Å²) in [4.78, 5) is 44.4. The van der Waals surface area contributed by atoms with Gasteiger partial charge in [-0.05, 0) is 111 Å². The Morgan fingerprint density at radius 2 is 0.551 bits per heavy atom. The molecule has 0 amide bonds. The molecule has 6 aromatic heterocycles. The SMILES string of the molecule is C[Si]1(C)c2ccccc2-c2c1ccc1c2ccn1-c1nc(-c2ccccc2)nc(-c2ccccc2)n1.C[Si]1(C)c2ccccc2-c2ccc3c(ccn3-c3nc(-c4ccccc4)nc(-c4ccccc4)n3)c21.c1ccc(-c2nc(-c3ccccc3)nc(-n3ccc4cc5c(cc43)-c3ccccc3[Si]5(c3ccccc3)c3ccccc3)n2)cc1. The second-order valence-corrected chi connectivity index (χ2v) is 43.6. The number of hydrogen-bond acceptors (Lipinski definition) is 9. The largest absolute Gasteiger partial charge is 0.285 e. The Morgan fingerprint density at radius 3 is 0.983 bits per heavy atom. The maximum atomic E-state index is 5.03. The number of fused-ring (bicyclic) bond motifs is 14. The third-order valence-electron chi connectivity index (χ3n) is 23.8. The lowest BCUT2D eigenvalue weighted by molar-refractivity contribution is 0.933. The number of aromatic nitrogens is 12. The van der Waals surface area contributed by atoms with E-state index in [0.717, 1.165) is 49.9 Å². The monoisotopic (exact) mass is 1560 g/mol. The van der Waals surface area contributed by atoms with E-state index in [1.165, 1.54) is 91.0 Å². The van der Waals surface area contributed by atoms with Crippen molar-refractivity contribution in [1.82, 2.24) is 58.6 Å². The van der Waals surface area contributed by atoms with E-state index < -0.39 is 24.2 Å². The summed E-state index contributed by atoms with van der Waals surface area (Å²) in [6, 6.07) is 130. The highest BCUT2D eigenvalue weighted by molar-refractivity contribution is 7.22. The van der Waals surface area contributed by atoms with Crippen LogP contribution in [0.3, 0.4) is 0 Å². The Balaban J connectivity index is 0.000000111. The third kappa shape index (κ3) is 12.0. The predicted molar refractivity (Wildman–Crippen MR) is 490 cm³/mol. The molecule has 0 radical (unpaired) electrons. The molecular weight excluding hydrogens is 1490 g/mol. The molecule has 0 bridgehead atoms. The maximum absolute atomic E-state index is 5.03. The standard InChI is InChI=1S/C41H28N4Si.2C31H24N4Si/c1-5-15-29(16-6-1)39-42-40(30-17-7-2-8-18-30)44-41(43-39)45-26-25-31-27-38-35(28-36(31)45)34-23-13-14-24-37(34)46(38,32-19-9-3-10-20-32)33-21-11-4-12-22-33;1-36(2)26-16-10-9-15-24(26)28-23-19-20-35(25(23)17-18-27(28)36)31-33-29(21-11-5-3-6-12-21)32-30(34-31)22-13-7-4-8-14-22;1-36(2)27-16-10-9-15-23(27)24-17-18-26-25(28(24)36)19-20-35(26)31-33-29(21-11-5-3-6-12-21)32-30(34-31)22-13-7-4-8-14-22/h1-28H;2*3-20H,1-2H3. The molecule has 23 rings (SSSR count). The van der Waals surface area contributed by atoms with Gasteiger partial charge in [-0.15, -0.1) is 0 Å². The Labute approximate surface area is 686 Å². The van der Waals surface area contributed by atoms with Crippen LogP contribution in [-0.4, -0.2) is 82.8 Å². The van der Waals surface area contributed by atoms with Gasteiger partial charge in [-0.3, -0.25) is 13.7 Å². The lowest BCUT2D eigenvalue weighted by atomic mass is 10.0. The zero-order chi connectivity index (χ0) is 79.1. The average molecular weight is 1570 g/mol. The molecule has 0 saturated carbocycles. The van der Waals surface area contributed by atoms with E-state index in [1.807, 2.05) is 182 Å². The fourth-order valence-corrected chi connectivity index (χ4v) is 30.0. The number of benzene rings is 14. The third-order valence-corrected chi connectivity index (χ3v) is 35.8. The first-order chi connectivity index (χ1) is 58.0. The predicted octanol–water partition coefficient (Wildman–Crippen LogP) is 18.4. The van der Waals surface area contributed by atoms with Crippen LogP contribution in [0.5, 0.6) is 0 Å². The Hall–Kier alpha value is -14.6. The molecule has 15 heteroatoms. The van der Waals surface area contributed by atoms with Gasteiger partial charge in [-0.2, -0.15) is 29.9 Å². The van der Waals surface area contributed by atoms with Crippen molar-refractivity contribution in [1.29, 1.82) is 0 Å². The fourth-order valence-electron chi connectivity index (χ4n) is 18.2. The topological polar surface area (TPSA) is 131 Å². The Morgan fingerprint density at radius 1 is 0.220 bits per heavy atom. The van der Waals surface area contributed by atoms with E-state index in [4.69, 9.17) is 44.9 Å². The van der Waals surface area contributed by atoms with Crippen LogP contribution in [0.1, 0.15) is 0 Å². The van der Waals surface area contributed by atoms with Crippen molar-refractivity contribution in [2.24, 2.45) is 0 Å². The summed E-state index contributed by atoms with van der Waals surface area (Å²) in [6.07, 6.45) is 6.30. The molecule has 0 spiro atoms. The molecule has 20 aromatic rings. The second-order valence-electron chi connectivity index (χ2n) is 31.3. The highest BCUT2D eigenvalue weighted by Crippen LogP contribution is 2.39. The molecule has 0 unspecified atom stereocenters. The fraction of sp³-hybridized carbons (Fsp3) is 0.0388. The number of hydrogen-bond donors (Lipinski definition) is 0. The van der Waals surface area contributed by atoms with Gasteiger partial charge in [0.15, 0.2) is 43.0 Å². The molecule has 560 valence electrons. The Bertz CT molecular complexity index is 7010. The van der Waals surface area contributed by atoms with E-state index in [1.54, 1.807) is 0 Å². The summed E-state index contributed by atoms with van der Waals surface area (Å²) in [7, 11) is -6.12. The van der Waals surface area contributed by atoms with Crippen molar-refractivity contribution in [2.45, 2.75) is 26.2 Å². The molecular formula is C103H76N12Si3. The number of nitrogens with zero attached hydrogens (tertiary/aromatic N) is 12. The summed E-state index contributed by atoms with van der Waals surface area (Å²) in [5.74, 6) is 5.84. The highest BCUT2D eigenvalue weighted by atomic mass is 28.3. The van der Waals surface area contributed by atoms with Crippen LogP contribution < -0.4 is 41.5 Å². The van der Waals surface area contributed by atoms with Crippen molar-refractivity contribution in [2.75, 3.05) is 0 Å². The summed E-state index contributed by atoms with van der Waals surface area (Å²) < 4.78 is 6.33. The van der Waals surface area contributed by atoms with E-state index in [2.05, 4.69) is 247 Å². The summed E-state index contributed by atoms with van der Waals surface area (Å²) in [6.45, 7) is 9.81. The van der Waals surface area contributed by atoms with Gasteiger partial charge in [0.1, 0.15) is 16.1 Å². The summed E-state index contributed by atoms with van der Waals surface area (Å²) in [5, 5.41) is 15.4. The minimum absolute atomic E-state index is 0.601. The molecule has 0 N–H and O–H groups in total. The van der Waals surface area contributed by atoms with Crippen LogP contribution in [0.25, 0.3) is 152 Å². The van der Waals surface area contributed by atoms with E-state index >= 15 is 0 Å². The van der Waals surface area contributed by atoms with Crippen molar-refractivity contribution in [3.63, 3.8) is 0 Å². The normalized spacial score (nSPS) is 13.3. The lowest BCUT2D eigenvalue weighted by Gasteiger charge is -2.31. The van der Waals surface area contributed by atoms with Gasteiger partial charge in [0.05, 0.1) is 16.6 Å². The minimum atomic E-state index is -2.57. The van der Waals surface area contributed by atoms with Crippen LogP contribution in [0.2, 0.25) is 26.2 Å². The first-order valence-corrected chi connectivity index (χ1v) is 48.0. The van der Waals surface area contributed by atoms with Crippen molar-refractivity contribution in [3.05, 3.63) is 389 Å². The molecule has 0 aliphatic carbocycles. The first-order valence-electron chi connectivity index (χ1n) is 40.0. The van der Waals surface area contributed by atoms with Gasteiger partial charge in [-0.1, -0.05) is 360 Å². The van der Waals surface area contributed by atoms with Crippen molar-refractivity contribution < 1.29 is 0 Å². The molecule has 0 fully saturated rings. The van der Waals surface area contributed by atoms with Crippen LogP contribution in [0.15, 0.2) is 389 Å². The van der Waals surface area contributed by atoms with Crippen LogP contribution >= 0.6 is 0 Å². The van der Waals surface area contributed by atoms with Gasteiger partial charge >= 0.3 is 0 Å². The minimum Gasteiger partial charge on any atom is -0.285 e. The van der Waals surface area contributed by atoms with Crippen molar-refractivity contribution >= 4 is 98.4 Å². The molecule has 118 heavy (non-hydrogen) atoms. The smallest absolute Gasteiger partial charge is 0.238 e. The molecule has 3 aliphatic rings. The van der Waals surface area contributed by atoms with Gasteiger partial charge in [0, 0.05) is 68.1 Å².